The van der Waals surface area contributed by atoms with Gasteiger partial charge in [-0.25, -0.2) is 0 Å². The van der Waals surface area contributed by atoms with E-state index in [-0.39, 0.29) is 11.9 Å². The van der Waals surface area contributed by atoms with Crippen LogP contribution in [0.3, 0.4) is 0 Å². The van der Waals surface area contributed by atoms with Crippen molar-refractivity contribution in [2.45, 2.75) is 51.5 Å². The molecule has 0 bridgehead atoms. The molecule has 2 aromatic rings. The SMILES string of the molecule is CCC1c2ccsc2CCN1CC(=O)Nc1sc2c(c1C(N)=O)CCCC2. The van der Waals surface area contributed by atoms with E-state index in [0.717, 1.165) is 50.6 Å². The molecule has 0 spiro atoms. The molecule has 7 heteroatoms. The van der Waals surface area contributed by atoms with Gasteiger partial charge < -0.3 is 11.1 Å². The topological polar surface area (TPSA) is 75.4 Å². The standard InChI is InChI=1S/C20H25N3O2S2/c1-2-14-12-8-10-26-15(12)7-9-23(14)11-17(24)22-20-18(19(21)25)13-5-3-4-6-16(13)27-20/h8,10,14H,2-7,9,11H2,1H3,(H2,21,25)(H,22,24). The van der Waals surface area contributed by atoms with Crippen LogP contribution < -0.4 is 11.1 Å². The Labute approximate surface area is 167 Å². The fraction of sp³-hybridized carbons (Fsp3) is 0.500. The first kappa shape index (κ1) is 18.7. The molecule has 4 rings (SSSR count). The summed E-state index contributed by atoms with van der Waals surface area (Å²) in [5.74, 6) is -0.495. The zero-order valence-electron chi connectivity index (χ0n) is 15.5. The van der Waals surface area contributed by atoms with Crippen LogP contribution in [0.5, 0.6) is 0 Å². The van der Waals surface area contributed by atoms with Crippen LogP contribution in [-0.4, -0.2) is 29.8 Å². The number of nitrogens with zero attached hydrogens (tertiary/aromatic N) is 1. The van der Waals surface area contributed by atoms with Gasteiger partial charge >= 0.3 is 0 Å². The summed E-state index contributed by atoms with van der Waals surface area (Å²) in [6.07, 6.45) is 6.04. The van der Waals surface area contributed by atoms with Gasteiger partial charge in [0.05, 0.1) is 12.1 Å². The molecule has 2 amide bonds. The molecule has 1 unspecified atom stereocenters. The molecule has 0 saturated carbocycles. The van der Waals surface area contributed by atoms with Gasteiger partial charge in [0.2, 0.25) is 5.91 Å². The normalized spacial score (nSPS) is 19.4. The Balaban J connectivity index is 1.50. The number of carbonyl (C=O) groups excluding carboxylic acids is 2. The van der Waals surface area contributed by atoms with Crippen molar-refractivity contribution in [2.24, 2.45) is 5.73 Å². The van der Waals surface area contributed by atoms with Crippen LogP contribution in [0.1, 0.15) is 63.5 Å². The number of nitrogens with two attached hydrogens (primary N) is 1. The number of aryl methyl sites for hydroxylation is 1. The number of anilines is 1. The summed E-state index contributed by atoms with van der Waals surface area (Å²) in [6, 6.07) is 2.48. The molecule has 144 valence electrons. The Morgan fingerprint density at radius 1 is 1.26 bits per heavy atom. The Hall–Kier alpha value is -1.70. The molecule has 3 N–H and O–H groups in total. The van der Waals surface area contributed by atoms with Crippen molar-refractivity contribution in [3.05, 3.63) is 37.9 Å². The Kier molecular flexibility index (Phi) is 5.34. The lowest BCUT2D eigenvalue weighted by Gasteiger charge is -2.34. The second-order valence-electron chi connectivity index (χ2n) is 7.27. The van der Waals surface area contributed by atoms with Crippen LogP contribution >= 0.6 is 22.7 Å². The van der Waals surface area contributed by atoms with E-state index in [1.807, 2.05) is 11.3 Å². The predicted molar refractivity (Wildman–Crippen MR) is 111 cm³/mol. The average Bonchev–Trinajstić information content (AvgIpc) is 3.25. The van der Waals surface area contributed by atoms with Crippen LogP contribution in [0.25, 0.3) is 0 Å². The largest absolute Gasteiger partial charge is 0.365 e. The molecule has 1 aliphatic carbocycles. The number of primary amides is 1. The summed E-state index contributed by atoms with van der Waals surface area (Å²) in [5, 5.41) is 5.78. The molecule has 2 aromatic heterocycles. The molecule has 0 aromatic carbocycles. The van der Waals surface area contributed by atoms with Gasteiger partial charge in [0.15, 0.2) is 0 Å². The lowest BCUT2D eigenvalue weighted by Crippen LogP contribution is -2.40. The Morgan fingerprint density at radius 3 is 2.85 bits per heavy atom. The monoisotopic (exact) mass is 403 g/mol. The zero-order valence-corrected chi connectivity index (χ0v) is 17.2. The maximum atomic E-state index is 12.8. The van der Waals surface area contributed by atoms with Crippen LogP contribution in [0, 0.1) is 0 Å². The average molecular weight is 404 g/mol. The van der Waals surface area contributed by atoms with E-state index in [1.165, 1.54) is 26.7 Å². The highest BCUT2D eigenvalue weighted by atomic mass is 32.1. The highest BCUT2D eigenvalue weighted by Crippen LogP contribution is 2.38. The third-order valence-corrected chi connectivity index (χ3v) is 7.81. The van der Waals surface area contributed by atoms with Gasteiger partial charge in [0.1, 0.15) is 5.00 Å². The number of hydrogen-bond acceptors (Lipinski definition) is 5. The van der Waals surface area contributed by atoms with Crippen LogP contribution in [0.15, 0.2) is 11.4 Å². The van der Waals surface area contributed by atoms with Gasteiger partial charge in [-0.1, -0.05) is 6.92 Å². The molecule has 0 saturated heterocycles. The van der Waals surface area contributed by atoms with Gasteiger partial charge in [0, 0.05) is 22.3 Å². The number of carbonyl (C=O) groups is 2. The van der Waals surface area contributed by atoms with Crippen molar-refractivity contribution >= 4 is 39.5 Å². The van der Waals surface area contributed by atoms with Gasteiger partial charge in [0.25, 0.3) is 5.91 Å². The van der Waals surface area contributed by atoms with Crippen LogP contribution in [-0.2, 0) is 24.1 Å². The summed E-state index contributed by atoms with van der Waals surface area (Å²) in [7, 11) is 0. The third-order valence-electron chi connectivity index (χ3n) is 5.61. The van der Waals surface area contributed by atoms with Crippen molar-refractivity contribution < 1.29 is 9.59 Å². The minimum absolute atomic E-state index is 0.0618. The van der Waals surface area contributed by atoms with E-state index in [0.29, 0.717) is 17.1 Å². The third kappa shape index (κ3) is 3.56. The van der Waals surface area contributed by atoms with E-state index >= 15 is 0 Å². The van der Waals surface area contributed by atoms with Gasteiger partial charge in [-0.15, -0.1) is 22.7 Å². The maximum Gasteiger partial charge on any atom is 0.251 e. The molecule has 1 aliphatic heterocycles. The van der Waals surface area contributed by atoms with Gasteiger partial charge in [-0.05, 0) is 61.1 Å². The Bertz CT molecular complexity index is 871. The lowest BCUT2D eigenvalue weighted by atomic mass is 9.95. The van der Waals surface area contributed by atoms with E-state index in [2.05, 4.69) is 28.6 Å². The number of fused-ring (bicyclic) bond motifs is 2. The van der Waals surface area contributed by atoms with E-state index in [4.69, 9.17) is 5.73 Å². The van der Waals surface area contributed by atoms with Crippen LogP contribution in [0.4, 0.5) is 5.00 Å². The van der Waals surface area contributed by atoms with Gasteiger partial charge in [-0.2, -0.15) is 0 Å². The fourth-order valence-corrected chi connectivity index (χ4v) is 6.62. The second kappa shape index (κ2) is 7.73. The second-order valence-corrected chi connectivity index (χ2v) is 9.38. The number of amides is 2. The number of rotatable bonds is 5. The minimum atomic E-state index is -0.433. The predicted octanol–water partition coefficient (Wildman–Crippen LogP) is 3.74. The number of thiophene rings is 2. The zero-order chi connectivity index (χ0) is 19.0. The van der Waals surface area contributed by atoms with Crippen molar-refractivity contribution in [2.75, 3.05) is 18.4 Å². The summed E-state index contributed by atoms with van der Waals surface area (Å²) in [6.45, 7) is 3.40. The molecule has 0 radical (unpaired) electrons. The smallest absolute Gasteiger partial charge is 0.251 e. The summed E-state index contributed by atoms with van der Waals surface area (Å²) in [5.41, 5.74) is 8.59. The van der Waals surface area contributed by atoms with Crippen molar-refractivity contribution in [3.8, 4) is 0 Å². The summed E-state index contributed by atoms with van der Waals surface area (Å²) < 4.78 is 0. The van der Waals surface area contributed by atoms with Crippen LogP contribution in [0.2, 0.25) is 0 Å². The highest BCUT2D eigenvalue weighted by Gasteiger charge is 2.29. The van der Waals surface area contributed by atoms with Crippen molar-refractivity contribution in [3.63, 3.8) is 0 Å². The fourth-order valence-electron chi connectivity index (χ4n) is 4.38. The molecule has 5 nitrogen and oxygen atoms in total. The van der Waals surface area contributed by atoms with Crippen molar-refractivity contribution in [1.82, 2.24) is 4.90 Å². The minimum Gasteiger partial charge on any atom is -0.365 e. The van der Waals surface area contributed by atoms with Crippen molar-refractivity contribution in [1.29, 1.82) is 0 Å². The lowest BCUT2D eigenvalue weighted by molar-refractivity contribution is -0.118. The number of hydrogen-bond donors (Lipinski definition) is 2. The first-order valence-corrected chi connectivity index (χ1v) is 11.3. The summed E-state index contributed by atoms with van der Waals surface area (Å²) in [4.78, 5) is 29.7. The molecule has 0 fully saturated rings. The van der Waals surface area contributed by atoms with E-state index < -0.39 is 5.91 Å². The molecular formula is C20H25N3O2S2. The first-order valence-electron chi connectivity index (χ1n) is 9.63. The molecule has 1 atom stereocenters. The summed E-state index contributed by atoms with van der Waals surface area (Å²) >= 11 is 3.34. The first-order chi connectivity index (χ1) is 13.1. The molecular weight excluding hydrogens is 378 g/mol. The van der Waals surface area contributed by atoms with Gasteiger partial charge in [-0.3, -0.25) is 14.5 Å². The molecule has 3 heterocycles. The Morgan fingerprint density at radius 2 is 2.07 bits per heavy atom. The maximum absolute atomic E-state index is 12.8. The quantitative estimate of drug-likeness (QED) is 0.799. The number of nitrogens with one attached hydrogen (secondary N) is 1. The molecule has 27 heavy (non-hydrogen) atoms. The molecule has 2 aliphatic rings. The van der Waals surface area contributed by atoms with E-state index in [1.54, 1.807) is 0 Å². The van der Waals surface area contributed by atoms with E-state index in [9.17, 15) is 9.59 Å². The highest BCUT2D eigenvalue weighted by molar-refractivity contribution is 7.17.